The Hall–Kier alpha value is -2.19. The van der Waals surface area contributed by atoms with E-state index >= 15 is 0 Å². The SMILES string of the molecule is Cc1nc(S(=O)(=O)NCCc2nc3ccccc3[nH]2)cn1C. The number of rotatable bonds is 5. The number of hydrogen-bond acceptors (Lipinski definition) is 4. The Labute approximate surface area is 128 Å². The van der Waals surface area contributed by atoms with Crippen LogP contribution in [0.3, 0.4) is 0 Å². The van der Waals surface area contributed by atoms with Crippen LogP contribution in [0.15, 0.2) is 35.5 Å². The molecule has 0 aliphatic heterocycles. The van der Waals surface area contributed by atoms with E-state index in [1.165, 1.54) is 6.20 Å². The minimum absolute atomic E-state index is 0.0390. The summed E-state index contributed by atoms with van der Waals surface area (Å²) in [5.74, 6) is 1.40. The minimum Gasteiger partial charge on any atom is -0.342 e. The van der Waals surface area contributed by atoms with Gasteiger partial charge in [0.25, 0.3) is 10.0 Å². The lowest BCUT2D eigenvalue weighted by Crippen LogP contribution is -2.26. The fourth-order valence-electron chi connectivity index (χ4n) is 2.16. The van der Waals surface area contributed by atoms with Crippen molar-refractivity contribution in [3.63, 3.8) is 0 Å². The molecule has 2 aromatic heterocycles. The highest BCUT2D eigenvalue weighted by molar-refractivity contribution is 7.89. The van der Waals surface area contributed by atoms with Crippen molar-refractivity contribution in [2.45, 2.75) is 18.4 Å². The highest BCUT2D eigenvalue weighted by atomic mass is 32.2. The molecule has 2 heterocycles. The van der Waals surface area contributed by atoms with Crippen LogP contribution in [0.25, 0.3) is 11.0 Å². The standard InChI is InChI=1S/C14H17N5O2S/c1-10-16-14(9-19(10)2)22(20,21)15-8-7-13-17-11-5-3-4-6-12(11)18-13/h3-6,9,15H,7-8H2,1-2H3,(H,17,18). The topological polar surface area (TPSA) is 92.7 Å². The van der Waals surface area contributed by atoms with Crippen molar-refractivity contribution in [2.75, 3.05) is 6.54 Å². The zero-order valence-electron chi connectivity index (χ0n) is 12.4. The van der Waals surface area contributed by atoms with Crippen LogP contribution in [0.5, 0.6) is 0 Å². The van der Waals surface area contributed by atoms with Crippen molar-refractivity contribution in [3.05, 3.63) is 42.1 Å². The first-order chi connectivity index (χ1) is 10.5. The molecular formula is C14H17N5O2S. The number of aromatic amines is 1. The molecule has 0 bridgehead atoms. The van der Waals surface area contributed by atoms with E-state index in [-0.39, 0.29) is 11.6 Å². The molecule has 0 spiro atoms. The lowest BCUT2D eigenvalue weighted by molar-refractivity contribution is 0.577. The number of para-hydroxylation sites is 2. The van der Waals surface area contributed by atoms with Crippen molar-refractivity contribution in [1.82, 2.24) is 24.2 Å². The van der Waals surface area contributed by atoms with Crippen LogP contribution in [0.4, 0.5) is 0 Å². The molecule has 0 unspecified atom stereocenters. The van der Waals surface area contributed by atoms with Gasteiger partial charge < -0.3 is 9.55 Å². The average molecular weight is 319 g/mol. The highest BCUT2D eigenvalue weighted by Gasteiger charge is 2.18. The van der Waals surface area contributed by atoms with Crippen LogP contribution in [0, 0.1) is 6.92 Å². The summed E-state index contributed by atoms with van der Waals surface area (Å²) < 4.78 is 28.5. The number of hydrogen-bond donors (Lipinski definition) is 2. The molecule has 22 heavy (non-hydrogen) atoms. The number of imidazole rings is 2. The van der Waals surface area contributed by atoms with E-state index in [1.54, 1.807) is 18.5 Å². The number of nitrogens with zero attached hydrogens (tertiary/aromatic N) is 3. The number of H-pyrrole nitrogens is 1. The third-order valence-electron chi connectivity index (χ3n) is 3.45. The Morgan fingerprint density at radius 1 is 1.27 bits per heavy atom. The van der Waals surface area contributed by atoms with Gasteiger partial charge >= 0.3 is 0 Å². The zero-order chi connectivity index (χ0) is 15.7. The molecule has 116 valence electrons. The van der Waals surface area contributed by atoms with Crippen molar-refractivity contribution in [1.29, 1.82) is 0 Å². The maximum absolute atomic E-state index is 12.1. The fraction of sp³-hybridized carbons (Fsp3) is 0.286. The van der Waals surface area contributed by atoms with Crippen molar-refractivity contribution < 1.29 is 8.42 Å². The summed E-state index contributed by atoms with van der Waals surface area (Å²) in [4.78, 5) is 11.6. The predicted molar refractivity (Wildman–Crippen MR) is 82.9 cm³/mol. The van der Waals surface area contributed by atoms with E-state index in [9.17, 15) is 8.42 Å². The van der Waals surface area contributed by atoms with Crippen molar-refractivity contribution in [2.24, 2.45) is 7.05 Å². The smallest absolute Gasteiger partial charge is 0.259 e. The molecule has 0 saturated carbocycles. The van der Waals surface area contributed by atoms with Crippen LogP contribution in [0.1, 0.15) is 11.6 Å². The third-order valence-corrected chi connectivity index (χ3v) is 4.79. The number of aromatic nitrogens is 4. The van der Waals surface area contributed by atoms with E-state index in [4.69, 9.17) is 0 Å². The molecule has 0 atom stereocenters. The van der Waals surface area contributed by atoms with Crippen LogP contribution in [0.2, 0.25) is 0 Å². The molecule has 7 nitrogen and oxygen atoms in total. The summed E-state index contributed by atoms with van der Waals surface area (Å²) in [7, 11) is -1.83. The number of sulfonamides is 1. The number of aryl methyl sites for hydroxylation is 2. The third kappa shape index (κ3) is 2.88. The van der Waals surface area contributed by atoms with Crippen LogP contribution in [-0.2, 0) is 23.5 Å². The second-order valence-corrected chi connectivity index (χ2v) is 6.80. The lowest BCUT2D eigenvalue weighted by atomic mass is 10.3. The number of fused-ring (bicyclic) bond motifs is 1. The second kappa shape index (κ2) is 5.54. The summed E-state index contributed by atoms with van der Waals surface area (Å²) in [5, 5.41) is 0.0390. The molecule has 1 aromatic carbocycles. The zero-order valence-corrected chi connectivity index (χ0v) is 13.2. The van der Waals surface area contributed by atoms with Gasteiger partial charge in [0.1, 0.15) is 11.6 Å². The van der Waals surface area contributed by atoms with Gasteiger partial charge in [-0.2, -0.15) is 0 Å². The largest absolute Gasteiger partial charge is 0.342 e. The summed E-state index contributed by atoms with van der Waals surface area (Å²) >= 11 is 0. The van der Waals surface area contributed by atoms with Gasteiger partial charge in [0.05, 0.1) is 11.0 Å². The Morgan fingerprint density at radius 3 is 2.73 bits per heavy atom. The normalized spacial score (nSPS) is 12.1. The Balaban J connectivity index is 1.67. The van der Waals surface area contributed by atoms with Gasteiger partial charge in [0.15, 0.2) is 5.03 Å². The minimum atomic E-state index is -3.59. The molecule has 3 aromatic rings. The lowest BCUT2D eigenvalue weighted by Gasteiger charge is -2.02. The molecule has 8 heteroatoms. The molecule has 0 amide bonds. The maximum Gasteiger partial charge on any atom is 0.259 e. The Morgan fingerprint density at radius 2 is 2.05 bits per heavy atom. The predicted octanol–water partition coefficient (Wildman–Crippen LogP) is 1.13. The van der Waals surface area contributed by atoms with Crippen LogP contribution < -0.4 is 4.72 Å². The van der Waals surface area contributed by atoms with Gasteiger partial charge in [-0.3, -0.25) is 0 Å². The quantitative estimate of drug-likeness (QED) is 0.737. The van der Waals surface area contributed by atoms with Crippen LogP contribution in [-0.4, -0.2) is 34.5 Å². The Bertz CT molecular complexity index is 858. The molecule has 2 N–H and O–H groups in total. The molecule has 0 saturated heterocycles. The van der Waals surface area contributed by atoms with E-state index in [0.29, 0.717) is 12.2 Å². The van der Waals surface area contributed by atoms with E-state index in [2.05, 4.69) is 19.7 Å². The monoisotopic (exact) mass is 319 g/mol. The van der Waals surface area contributed by atoms with Gasteiger partial charge in [-0.05, 0) is 19.1 Å². The van der Waals surface area contributed by atoms with Gasteiger partial charge in [0, 0.05) is 26.2 Å². The highest BCUT2D eigenvalue weighted by Crippen LogP contribution is 2.11. The second-order valence-electron chi connectivity index (χ2n) is 5.09. The molecule has 0 aliphatic carbocycles. The van der Waals surface area contributed by atoms with Gasteiger partial charge in [0.2, 0.25) is 0 Å². The van der Waals surface area contributed by atoms with E-state index in [0.717, 1.165) is 16.9 Å². The van der Waals surface area contributed by atoms with Crippen molar-refractivity contribution >= 4 is 21.1 Å². The number of benzene rings is 1. The molecule has 0 radical (unpaired) electrons. The maximum atomic E-state index is 12.1. The molecule has 3 rings (SSSR count). The average Bonchev–Trinajstić information content (AvgIpc) is 3.02. The Kier molecular flexibility index (Phi) is 3.71. The summed E-state index contributed by atoms with van der Waals surface area (Å²) in [6.07, 6.45) is 1.98. The molecule has 0 fully saturated rings. The summed E-state index contributed by atoms with van der Waals surface area (Å²) in [6, 6.07) is 7.69. The van der Waals surface area contributed by atoms with Gasteiger partial charge in [-0.25, -0.2) is 23.1 Å². The number of nitrogens with one attached hydrogen (secondary N) is 2. The first kappa shape index (κ1) is 14.7. The van der Waals surface area contributed by atoms with E-state index < -0.39 is 10.0 Å². The van der Waals surface area contributed by atoms with Gasteiger partial charge in [-0.15, -0.1) is 0 Å². The fourth-order valence-corrected chi connectivity index (χ4v) is 3.23. The van der Waals surface area contributed by atoms with Gasteiger partial charge in [-0.1, -0.05) is 12.1 Å². The first-order valence-electron chi connectivity index (χ1n) is 6.89. The van der Waals surface area contributed by atoms with E-state index in [1.807, 2.05) is 24.3 Å². The molecule has 0 aliphatic rings. The van der Waals surface area contributed by atoms with Crippen LogP contribution >= 0.6 is 0 Å². The first-order valence-corrected chi connectivity index (χ1v) is 8.37. The molecular weight excluding hydrogens is 302 g/mol. The summed E-state index contributed by atoms with van der Waals surface area (Å²) in [6.45, 7) is 2.02. The van der Waals surface area contributed by atoms with Crippen molar-refractivity contribution in [3.8, 4) is 0 Å². The summed E-state index contributed by atoms with van der Waals surface area (Å²) in [5.41, 5.74) is 1.82.